The van der Waals surface area contributed by atoms with Crippen LogP contribution in [0.1, 0.15) is 80.2 Å². The van der Waals surface area contributed by atoms with Gasteiger partial charge in [-0.05, 0) is 103 Å². The first-order valence-corrected chi connectivity index (χ1v) is 17.4. The van der Waals surface area contributed by atoms with Gasteiger partial charge >= 0.3 is 0 Å². The minimum Gasteiger partial charge on any atom is -0.496 e. The van der Waals surface area contributed by atoms with Gasteiger partial charge in [0.15, 0.2) is 0 Å². The zero-order chi connectivity index (χ0) is 33.7. The normalized spacial score (nSPS) is 22.0. The van der Waals surface area contributed by atoms with Crippen molar-refractivity contribution in [2.24, 2.45) is 11.5 Å². The van der Waals surface area contributed by atoms with E-state index >= 15 is 0 Å². The van der Waals surface area contributed by atoms with Crippen LogP contribution in [0.25, 0.3) is 0 Å². The Morgan fingerprint density at radius 1 is 0.667 bits per heavy atom. The Labute approximate surface area is 296 Å². The summed E-state index contributed by atoms with van der Waals surface area (Å²) in [6.07, 6.45) is 1.31. The molecular weight excluding hydrogens is 740 g/mol. The topological polar surface area (TPSA) is 135 Å². The van der Waals surface area contributed by atoms with Crippen molar-refractivity contribution in [3.05, 3.63) is 115 Å². The molecule has 2 amide bonds. The van der Waals surface area contributed by atoms with Gasteiger partial charge in [-0.15, -0.1) is 0 Å². The van der Waals surface area contributed by atoms with Crippen molar-refractivity contribution in [2.45, 2.75) is 37.3 Å². The number of carbonyl (C=O) groups is 2. The molecule has 4 aromatic carbocycles. The van der Waals surface area contributed by atoms with Crippen LogP contribution in [0.5, 0.6) is 11.5 Å². The second kappa shape index (κ2) is 13.1. The monoisotopic (exact) mass is 774 g/mol. The molecule has 248 valence electrons. The Hall–Kier alpha value is -4.10. The van der Waals surface area contributed by atoms with Crippen molar-refractivity contribution in [3.63, 3.8) is 0 Å². The molecule has 4 heterocycles. The minimum absolute atomic E-state index is 0.0228. The number of nitrogens with two attached hydrogens (primary N) is 2. The van der Waals surface area contributed by atoms with E-state index in [9.17, 15) is 9.59 Å². The molecule has 0 saturated heterocycles. The zero-order valence-corrected chi connectivity index (χ0v) is 29.7. The van der Waals surface area contributed by atoms with E-state index in [2.05, 4.69) is 52.3 Å². The number of nitrogens with zero attached hydrogens (tertiary/aromatic N) is 2. The number of carbonyl (C=O) groups excluding carboxylic acids is 2. The van der Waals surface area contributed by atoms with Crippen LogP contribution < -0.4 is 41.4 Å². The third kappa shape index (κ3) is 5.60. The maximum atomic E-state index is 12.6. The molecule has 0 fully saturated rings. The number of methoxy groups -OCH3 is 2. The lowest BCUT2D eigenvalue weighted by molar-refractivity contribution is 0.0916. The number of nitrogens with one attached hydrogen (secondary N) is 2. The summed E-state index contributed by atoms with van der Waals surface area (Å²) in [4.78, 5) is 29.7. The largest absolute Gasteiger partial charge is 0.496 e. The molecule has 8 rings (SSSR count). The van der Waals surface area contributed by atoms with Gasteiger partial charge in [0.25, 0.3) is 11.8 Å². The van der Waals surface area contributed by atoms with Crippen molar-refractivity contribution in [2.75, 3.05) is 37.1 Å². The van der Waals surface area contributed by atoms with Gasteiger partial charge in [0.2, 0.25) is 0 Å². The van der Waals surface area contributed by atoms with Crippen LogP contribution in [0.2, 0.25) is 0 Å². The summed E-state index contributed by atoms with van der Waals surface area (Å²) in [5.74, 6) is 1.41. The van der Waals surface area contributed by atoms with Crippen LogP contribution in [-0.4, -0.2) is 39.1 Å². The number of amides is 2. The van der Waals surface area contributed by atoms with Crippen LogP contribution in [0.4, 0.5) is 11.4 Å². The Morgan fingerprint density at radius 3 is 1.46 bits per heavy atom. The number of anilines is 2. The number of rotatable bonds is 4. The Bertz CT molecular complexity index is 1780. The predicted octanol–water partition coefficient (Wildman–Crippen LogP) is 6.22. The number of halogens is 2. The van der Waals surface area contributed by atoms with Gasteiger partial charge in [0, 0.05) is 25.2 Å². The molecule has 4 aliphatic rings. The third-order valence-electron chi connectivity index (χ3n) is 9.50. The number of para-hydroxylation sites is 2. The van der Waals surface area contributed by atoms with Crippen molar-refractivity contribution in [1.82, 2.24) is 10.6 Å². The molecular formula is C36H36Br2N6O4. The number of hydrogen-bond donors (Lipinski definition) is 4. The summed E-state index contributed by atoms with van der Waals surface area (Å²) in [5, 5.41) is 6.23. The zero-order valence-electron chi connectivity index (χ0n) is 26.5. The quantitative estimate of drug-likeness (QED) is 0.192. The lowest BCUT2D eigenvalue weighted by Gasteiger charge is -2.44. The van der Waals surface area contributed by atoms with Gasteiger partial charge in [-0.25, -0.2) is 0 Å². The van der Waals surface area contributed by atoms with E-state index in [1.54, 1.807) is 14.2 Å². The first kappa shape index (κ1) is 32.4. The molecule has 4 aromatic rings. The Kier molecular flexibility index (Phi) is 8.84. The average molecular weight is 777 g/mol. The molecule has 10 nitrogen and oxygen atoms in total. The summed E-state index contributed by atoms with van der Waals surface area (Å²) < 4.78 is 12.3. The number of benzene rings is 4. The molecule has 0 radical (unpaired) electrons. The Balaban J connectivity index is 0.000000152. The molecule has 48 heavy (non-hydrogen) atoms. The third-order valence-corrected chi connectivity index (χ3v) is 10.7. The highest BCUT2D eigenvalue weighted by molar-refractivity contribution is 9.10. The molecule has 0 saturated carbocycles. The van der Waals surface area contributed by atoms with Crippen LogP contribution in [-0.2, 0) is 0 Å². The maximum Gasteiger partial charge on any atom is 0.255 e. The van der Waals surface area contributed by atoms with Crippen LogP contribution in [0.15, 0.2) is 81.7 Å². The van der Waals surface area contributed by atoms with E-state index < -0.39 is 0 Å². The second-order valence-corrected chi connectivity index (χ2v) is 13.9. The smallest absolute Gasteiger partial charge is 0.255 e. The minimum atomic E-state index is -0.208. The first-order chi connectivity index (χ1) is 23.2. The summed E-state index contributed by atoms with van der Waals surface area (Å²) in [6, 6.07) is 23.3. The van der Waals surface area contributed by atoms with E-state index in [1.165, 1.54) is 0 Å². The molecule has 0 aromatic heterocycles. The highest BCUT2D eigenvalue weighted by atomic mass is 79.9. The van der Waals surface area contributed by atoms with Gasteiger partial charge in [0.1, 0.15) is 23.8 Å². The summed E-state index contributed by atoms with van der Waals surface area (Å²) in [7, 11) is 3.27. The molecule has 0 bridgehead atoms. The van der Waals surface area contributed by atoms with Crippen molar-refractivity contribution < 1.29 is 19.1 Å². The van der Waals surface area contributed by atoms with Gasteiger partial charge in [0.05, 0.1) is 45.7 Å². The SMILES string of the molecule is COc1ccc([C@@H]2NC(=O)c3cccc4c3N2CC[C@@H]4N)cc1Br.COc1ccc([C@H]2NC(=O)c3cccc4c3N2CC[C@H]4N)cc1Br. The van der Waals surface area contributed by atoms with Crippen molar-refractivity contribution in [3.8, 4) is 11.5 Å². The lowest BCUT2D eigenvalue weighted by Crippen LogP contribution is -2.49. The average Bonchev–Trinajstić information content (AvgIpc) is 3.10. The number of ether oxygens (including phenoxy) is 2. The molecule has 0 spiro atoms. The maximum absolute atomic E-state index is 12.6. The fraction of sp³-hybridized carbons (Fsp3) is 0.278. The van der Waals surface area contributed by atoms with E-state index in [0.29, 0.717) is 11.1 Å². The second-order valence-electron chi connectivity index (χ2n) is 12.2. The fourth-order valence-electron chi connectivity index (χ4n) is 7.13. The fourth-order valence-corrected chi connectivity index (χ4v) is 8.24. The van der Waals surface area contributed by atoms with Crippen LogP contribution >= 0.6 is 31.9 Å². The summed E-state index contributed by atoms with van der Waals surface area (Å²) in [5.41, 5.74) is 20.0. The van der Waals surface area contributed by atoms with E-state index in [0.717, 1.165) is 80.0 Å². The summed E-state index contributed by atoms with van der Waals surface area (Å²) >= 11 is 7.05. The standard InChI is InChI=1S/2C18H18BrN3O2/c2*1-24-15-6-5-10(9-13(15)19)17-21-18(23)12-4-2-3-11-14(20)7-8-22(17)16(11)12/h2*2-6,9,14,17H,7-8,20H2,1H3,(H,21,23)/t2*14-,17+/m10/s1. The van der Waals surface area contributed by atoms with E-state index in [-0.39, 0.29) is 36.2 Å². The van der Waals surface area contributed by atoms with Gasteiger partial charge < -0.3 is 41.4 Å². The van der Waals surface area contributed by atoms with Crippen molar-refractivity contribution in [1.29, 1.82) is 0 Å². The van der Waals surface area contributed by atoms with Gasteiger partial charge in [-0.2, -0.15) is 0 Å². The summed E-state index contributed by atoms with van der Waals surface area (Å²) in [6.45, 7) is 1.61. The molecule has 6 N–H and O–H groups in total. The highest BCUT2D eigenvalue weighted by Gasteiger charge is 2.38. The van der Waals surface area contributed by atoms with E-state index in [4.69, 9.17) is 20.9 Å². The molecule has 0 unspecified atom stereocenters. The molecule has 12 heteroatoms. The molecule has 4 aliphatic heterocycles. The highest BCUT2D eigenvalue weighted by Crippen LogP contribution is 2.44. The number of hydrogen-bond acceptors (Lipinski definition) is 8. The molecule has 0 aliphatic carbocycles. The van der Waals surface area contributed by atoms with Gasteiger partial charge in [-0.1, -0.05) is 36.4 Å². The molecule has 4 atom stereocenters. The van der Waals surface area contributed by atoms with Crippen molar-refractivity contribution >= 4 is 55.0 Å². The Morgan fingerprint density at radius 2 is 1.08 bits per heavy atom. The predicted molar refractivity (Wildman–Crippen MR) is 192 cm³/mol. The first-order valence-electron chi connectivity index (χ1n) is 15.8. The lowest BCUT2D eigenvalue weighted by atomic mass is 9.90. The van der Waals surface area contributed by atoms with Crippen LogP contribution in [0.3, 0.4) is 0 Å². The van der Waals surface area contributed by atoms with Crippen LogP contribution in [0, 0.1) is 0 Å². The van der Waals surface area contributed by atoms with E-state index in [1.807, 2.05) is 72.8 Å². The van der Waals surface area contributed by atoms with Gasteiger partial charge in [-0.3, -0.25) is 9.59 Å².